The number of hydrogen-bond donors (Lipinski definition) is 1. The minimum absolute atomic E-state index is 0.0311. The summed E-state index contributed by atoms with van der Waals surface area (Å²) < 4.78 is 2.21. The van der Waals surface area contributed by atoms with E-state index in [1.807, 2.05) is 48.5 Å². The molecule has 0 saturated heterocycles. The predicted octanol–water partition coefficient (Wildman–Crippen LogP) is 7.24. The van der Waals surface area contributed by atoms with Gasteiger partial charge in [-0.2, -0.15) is 0 Å². The van der Waals surface area contributed by atoms with Crippen LogP contribution in [0.3, 0.4) is 0 Å². The minimum Gasteiger partial charge on any atom is -0.377 e. The van der Waals surface area contributed by atoms with Crippen molar-refractivity contribution in [2.24, 2.45) is 0 Å². The number of rotatable bonds is 4. The van der Waals surface area contributed by atoms with E-state index in [2.05, 4.69) is 53.2 Å². The van der Waals surface area contributed by atoms with Gasteiger partial charge in [0.2, 0.25) is 0 Å². The minimum atomic E-state index is 0.0311. The summed E-state index contributed by atoms with van der Waals surface area (Å²) in [4.78, 5) is 12.9. The normalized spacial score (nSPS) is 15.5. The summed E-state index contributed by atoms with van der Waals surface area (Å²) in [6.45, 7) is 2.08. The fraction of sp³-hybridized carbons (Fsp3) is 0.148. The van der Waals surface area contributed by atoms with Gasteiger partial charge in [0, 0.05) is 28.4 Å². The average Bonchev–Trinajstić information content (AvgIpc) is 3.20. The molecule has 3 nitrogen and oxygen atoms in total. The molecule has 0 fully saturated rings. The number of ketones is 1. The Morgan fingerprint density at radius 2 is 1.65 bits per heavy atom. The SMILES string of the molecule is Cc1ccc(NC2CCC(=O)c3cc(-c4ccccc4)n(-c4ccc(Cl)cc4)c32)cc1. The van der Waals surface area contributed by atoms with E-state index in [9.17, 15) is 4.79 Å². The molecule has 0 radical (unpaired) electrons. The number of nitrogens with zero attached hydrogens (tertiary/aromatic N) is 1. The zero-order valence-electron chi connectivity index (χ0n) is 17.3. The highest BCUT2D eigenvalue weighted by Crippen LogP contribution is 2.40. The highest BCUT2D eigenvalue weighted by molar-refractivity contribution is 6.30. The van der Waals surface area contributed by atoms with Crippen LogP contribution in [-0.4, -0.2) is 10.4 Å². The van der Waals surface area contributed by atoms with Crippen LogP contribution in [0, 0.1) is 6.92 Å². The number of nitrogens with one attached hydrogen (secondary N) is 1. The Labute approximate surface area is 187 Å². The Balaban J connectivity index is 1.69. The van der Waals surface area contributed by atoms with Crippen LogP contribution in [0.25, 0.3) is 16.9 Å². The Kier molecular flexibility index (Phi) is 5.13. The van der Waals surface area contributed by atoms with E-state index in [1.54, 1.807) is 0 Å². The summed E-state index contributed by atoms with van der Waals surface area (Å²) >= 11 is 6.17. The largest absolute Gasteiger partial charge is 0.377 e. The second kappa shape index (κ2) is 8.09. The van der Waals surface area contributed by atoms with Gasteiger partial charge in [-0.25, -0.2) is 0 Å². The number of carbonyl (C=O) groups excluding carboxylic acids is 1. The van der Waals surface area contributed by atoms with Crippen molar-refractivity contribution in [3.8, 4) is 16.9 Å². The number of benzene rings is 3. The van der Waals surface area contributed by atoms with E-state index in [0.717, 1.165) is 40.3 Å². The first-order valence-electron chi connectivity index (χ1n) is 10.5. The van der Waals surface area contributed by atoms with Crippen LogP contribution in [-0.2, 0) is 0 Å². The van der Waals surface area contributed by atoms with Gasteiger partial charge >= 0.3 is 0 Å². The highest BCUT2D eigenvalue weighted by Gasteiger charge is 2.32. The van der Waals surface area contributed by atoms with E-state index >= 15 is 0 Å². The number of Topliss-reactive ketones (excluding diaryl/α,β-unsaturated/α-hetero) is 1. The van der Waals surface area contributed by atoms with E-state index in [4.69, 9.17) is 11.6 Å². The van der Waals surface area contributed by atoms with Crippen LogP contribution >= 0.6 is 11.6 Å². The van der Waals surface area contributed by atoms with E-state index < -0.39 is 0 Å². The van der Waals surface area contributed by atoms with Gasteiger partial charge in [-0.3, -0.25) is 4.79 Å². The Bertz CT molecular complexity index is 1220. The van der Waals surface area contributed by atoms with Crippen molar-refractivity contribution in [2.75, 3.05) is 5.32 Å². The summed E-state index contributed by atoms with van der Waals surface area (Å²) in [6.07, 6.45) is 1.29. The molecule has 5 rings (SSSR count). The quantitative estimate of drug-likeness (QED) is 0.373. The molecule has 0 spiro atoms. The first kappa shape index (κ1) is 19.7. The summed E-state index contributed by atoms with van der Waals surface area (Å²) in [5, 5.41) is 4.36. The van der Waals surface area contributed by atoms with Gasteiger partial charge in [-0.05, 0) is 61.4 Å². The molecule has 1 aliphatic rings. The number of carbonyl (C=O) groups is 1. The lowest BCUT2D eigenvalue weighted by atomic mass is 9.91. The molecule has 0 bridgehead atoms. The van der Waals surface area contributed by atoms with Crippen LogP contribution in [0.15, 0.2) is 84.9 Å². The van der Waals surface area contributed by atoms with Gasteiger partial charge in [0.15, 0.2) is 5.78 Å². The Hall–Kier alpha value is -3.30. The van der Waals surface area contributed by atoms with Crippen molar-refractivity contribution >= 4 is 23.1 Å². The summed E-state index contributed by atoms with van der Waals surface area (Å²) in [5.74, 6) is 0.196. The standard InChI is InChI=1S/C27H23ClN2O/c1-18-7-11-21(12-8-18)29-24-15-16-26(31)23-17-25(19-5-3-2-4-6-19)30(27(23)24)22-13-9-20(28)10-14-22/h2-14,17,24,29H,15-16H2,1H3. The molecule has 1 unspecified atom stereocenters. The van der Waals surface area contributed by atoms with Crippen molar-refractivity contribution in [3.63, 3.8) is 0 Å². The molecule has 3 aromatic carbocycles. The van der Waals surface area contributed by atoms with E-state index in [0.29, 0.717) is 11.4 Å². The van der Waals surface area contributed by atoms with Gasteiger partial charge in [-0.15, -0.1) is 0 Å². The second-order valence-electron chi connectivity index (χ2n) is 8.03. The van der Waals surface area contributed by atoms with Crippen LogP contribution in [0.2, 0.25) is 5.02 Å². The molecule has 154 valence electrons. The zero-order valence-corrected chi connectivity index (χ0v) is 18.1. The molecular weight excluding hydrogens is 404 g/mol. The van der Waals surface area contributed by atoms with Gasteiger partial charge in [0.05, 0.1) is 17.4 Å². The summed E-state index contributed by atoms with van der Waals surface area (Å²) in [7, 11) is 0. The molecular formula is C27H23ClN2O. The Morgan fingerprint density at radius 3 is 2.35 bits per heavy atom. The van der Waals surface area contributed by atoms with E-state index in [1.165, 1.54) is 5.56 Å². The molecule has 1 aromatic heterocycles. The third kappa shape index (κ3) is 3.77. The molecule has 4 aromatic rings. The first-order chi connectivity index (χ1) is 15.1. The fourth-order valence-electron chi connectivity index (χ4n) is 4.32. The molecule has 0 amide bonds. The molecule has 0 saturated carbocycles. The van der Waals surface area contributed by atoms with Crippen molar-refractivity contribution in [3.05, 3.63) is 107 Å². The smallest absolute Gasteiger partial charge is 0.164 e. The molecule has 31 heavy (non-hydrogen) atoms. The lowest BCUT2D eigenvalue weighted by Gasteiger charge is -2.27. The van der Waals surface area contributed by atoms with Crippen LogP contribution < -0.4 is 5.32 Å². The van der Waals surface area contributed by atoms with Crippen molar-refractivity contribution in [1.29, 1.82) is 0 Å². The topological polar surface area (TPSA) is 34.0 Å². The molecule has 0 aliphatic heterocycles. The summed E-state index contributed by atoms with van der Waals surface area (Å²) in [6, 6.07) is 28.5. The molecule has 1 heterocycles. The molecule has 1 aliphatic carbocycles. The lowest BCUT2D eigenvalue weighted by Crippen LogP contribution is -2.23. The van der Waals surface area contributed by atoms with Crippen molar-refractivity contribution < 1.29 is 4.79 Å². The number of fused-ring (bicyclic) bond motifs is 1. The van der Waals surface area contributed by atoms with Gasteiger partial charge in [0.1, 0.15) is 0 Å². The number of aromatic nitrogens is 1. The van der Waals surface area contributed by atoms with Crippen molar-refractivity contribution in [2.45, 2.75) is 25.8 Å². The zero-order chi connectivity index (χ0) is 21.4. The number of aryl methyl sites for hydroxylation is 1. The molecule has 1 N–H and O–H groups in total. The second-order valence-corrected chi connectivity index (χ2v) is 8.47. The maximum absolute atomic E-state index is 12.9. The summed E-state index contributed by atoms with van der Waals surface area (Å²) in [5.41, 5.74) is 7.17. The average molecular weight is 427 g/mol. The predicted molar refractivity (Wildman–Crippen MR) is 127 cm³/mol. The van der Waals surface area contributed by atoms with Crippen LogP contribution in [0.5, 0.6) is 0 Å². The number of halogens is 1. The monoisotopic (exact) mass is 426 g/mol. The van der Waals surface area contributed by atoms with Gasteiger partial charge in [0.25, 0.3) is 0 Å². The number of anilines is 1. The third-order valence-corrected chi connectivity index (χ3v) is 6.13. The fourth-order valence-corrected chi connectivity index (χ4v) is 4.45. The third-order valence-electron chi connectivity index (χ3n) is 5.88. The molecule has 4 heteroatoms. The maximum atomic E-state index is 12.9. The van der Waals surface area contributed by atoms with Gasteiger partial charge < -0.3 is 9.88 Å². The van der Waals surface area contributed by atoms with Gasteiger partial charge in [-0.1, -0.05) is 59.6 Å². The van der Waals surface area contributed by atoms with Crippen LogP contribution in [0.4, 0.5) is 5.69 Å². The van der Waals surface area contributed by atoms with Crippen molar-refractivity contribution in [1.82, 2.24) is 4.57 Å². The van der Waals surface area contributed by atoms with E-state index in [-0.39, 0.29) is 11.8 Å². The maximum Gasteiger partial charge on any atom is 0.164 e. The highest BCUT2D eigenvalue weighted by atomic mass is 35.5. The lowest BCUT2D eigenvalue weighted by molar-refractivity contribution is 0.0968. The molecule has 1 atom stereocenters. The van der Waals surface area contributed by atoms with Crippen LogP contribution in [0.1, 0.15) is 40.5 Å². The first-order valence-corrected chi connectivity index (χ1v) is 10.9. The number of hydrogen-bond acceptors (Lipinski definition) is 2. The Morgan fingerprint density at radius 1 is 0.935 bits per heavy atom.